The second-order valence-corrected chi connectivity index (χ2v) is 9.54. The number of hydrogen-bond donors (Lipinski definition) is 3. The van der Waals surface area contributed by atoms with Gasteiger partial charge in [0.15, 0.2) is 0 Å². The van der Waals surface area contributed by atoms with Crippen LogP contribution in [0, 0.1) is 5.41 Å². The Balaban J connectivity index is 0.00000363. The molecule has 0 fully saturated rings. The number of methoxy groups -OCH3 is 1. The molecule has 0 radical (unpaired) electrons. The van der Waals surface area contributed by atoms with E-state index in [0.717, 1.165) is 10.4 Å². The molecule has 4 N–H and O–H groups in total. The standard InChI is InChI=1S/C21H25ClN4O4S.ClH/c1-21(2,19(28)30-3)11-26-9-8-14-15(10-26)31-18(16(14)17(23)27)25-20(29)24-13-6-4-12(22)5-7-13;/h4-7H,8-11H2,1-3H3,(H2,23,27)(H2,24,25,29);1H. The van der Waals surface area contributed by atoms with Gasteiger partial charge in [-0.25, -0.2) is 4.79 Å². The molecule has 1 aliphatic rings. The van der Waals surface area contributed by atoms with Gasteiger partial charge >= 0.3 is 12.0 Å². The largest absolute Gasteiger partial charge is 0.469 e. The van der Waals surface area contributed by atoms with Crippen molar-refractivity contribution < 1.29 is 19.1 Å². The average Bonchev–Trinajstić information content (AvgIpc) is 3.05. The zero-order valence-electron chi connectivity index (χ0n) is 18.0. The second-order valence-electron chi connectivity index (χ2n) is 7.99. The van der Waals surface area contributed by atoms with E-state index in [9.17, 15) is 14.4 Å². The van der Waals surface area contributed by atoms with Crippen molar-refractivity contribution in [2.45, 2.75) is 26.8 Å². The maximum Gasteiger partial charge on any atom is 0.324 e. The SMILES string of the molecule is COC(=O)C(C)(C)CN1CCc2c(sc(NC(=O)Nc3ccc(Cl)cc3)c2C(N)=O)C1.Cl. The maximum absolute atomic E-state index is 12.5. The first-order chi connectivity index (χ1) is 14.6. The summed E-state index contributed by atoms with van der Waals surface area (Å²) in [5, 5.41) is 6.43. The first-order valence-corrected chi connectivity index (χ1v) is 10.9. The fourth-order valence-electron chi connectivity index (χ4n) is 3.64. The number of rotatable bonds is 6. The molecule has 8 nitrogen and oxygen atoms in total. The van der Waals surface area contributed by atoms with Crippen molar-refractivity contribution in [1.29, 1.82) is 0 Å². The molecule has 2 aromatic rings. The molecule has 32 heavy (non-hydrogen) atoms. The van der Waals surface area contributed by atoms with E-state index >= 15 is 0 Å². The van der Waals surface area contributed by atoms with Crippen LogP contribution >= 0.6 is 35.3 Å². The Hall–Kier alpha value is -2.33. The summed E-state index contributed by atoms with van der Waals surface area (Å²) in [7, 11) is 1.38. The highest BCUT2D eigenvalue weighted by atomic mass is 35.5. The molecule has 3 rings (SSSR count). The third-order valence-electron chi connectivity index (χ3n) is 5.07. The number of halogens is 2. The zero-order valence-corrected chi connectivity index (χ0v) is 20.4. The molecule has 0 unspecified atom stereocenters. The van der Waals surface area contributed by atoms with Crippen LogP contribution in [0.4, 0.5) is 15.5 Å². The molecule has 0 spiro atoms. The summed E-state index contributed by atoms with van der Waals surface area (Å²) in [5.74, 6) is -0.855. The Labute approximate surface area is 201 Å². The van der Waals surface area contributed by atoms with Gasteiger partial charge in [0.2, 0.25) is 0 Å². The van der Waals surface area contributed by atoms with Crippen LogP contribution in [0.1, 0.15) is 34.6 Å². The molecule has 0 bridgehead atoms. The zero-order chi connectivity index (χ0) is 22.8. The van der Waals surface area contributed by atoms with Gasteiger partial charge in [-0.2, -0.15) is 0 Å². The highest BCUT2D eigenvalue weighted by Crippen LogP contribution is 2.37. The monoisotopic (exact) mass is 500 g/mol. The normalized spacial score (nSPS) is 13.5. The molecule has 0 saturated heterocycles. The molecule has 0 atom stereocenters. The van der Waals surface area contributed by atoms with Crippen LogP contribution in [0.2, 0.25) is 5.02 Å². The van der Waals surface area contributed by atoms with E-state index in [2.05, 4.69) is 15.5 Å². The number of hydrogen-bond acceptors (Lipinski definition) is 6. The van der Waals surface area contributed by atoms with Crippen molar-refractivity contribution in [2.75, 3.05) is 30.8 Å². The summed E-state index contributed by atoms with van der Waals surface area (Å²) in [6.07, 6.45) is 0.599. The number of primary amides is 1. The van der Waals surface area contributed by atoms with Gasteiger partial charge in [0.25, 0.3) is 5.91 Å². The van der Waals surface area contributed by atoms with Crippen LogP contribution in [0.25, 0.3) is 0 Å². The van der Waals surface area contributed by atoms with Crippen LogP contribution in [0.3, 0.4) is 0 Å². The predicted octanol–water partition coefficient (Wildman–Crippen LogP) is 4.12. The Morgan fingerprint density at radius 1 is 1.22 bits per heavy atom. The number of nitrogens with two attached hydrogens (primary N) is 1. The smallest absolute Gasteiger partial charge is 0.324 e. The number of amides is 3. The minimum Gasteiger partial charge on any atom is -0.469 e. The number of anilines is 2. The molecule has 11 heteroatoms. The fraction of sp³-hybridized carbons (Fsp3) is 0.381. The summed E-state index contributed by atoms with van der Waals surface area (Å²) in [6.45, 7) is 5.42. The van der Waals surface area contributed by atoms with E-state index in [-0.39, 0.29) is 18.4 Å². The summed E-state index contributed by atoms with van der Waals surface area (Å²) in [4.78, 5) is 39.7. The predicted molar refractivity (Wildman–Crippen MR) is 129 cm³/mol. The van der Waals surface area contributed by atoms with Crippen molar-refractivity contribution >= 4 is 63.9 Å². The van der Waals surface area contributed by atoms with Gasteiger partial charge in [-0.1, -0.05) is 11.6 Å². The number of urea groups is 1. The number of esters is 1. The number of nitrogens with one attached hydrogen (secondary N) is 2. The number of fused-ring (bicyclic) bond motifs is 1. The summed E-state index contributed by atoms with van der Waals surface area (Å²) in [6, 6.07) is 6.21. The number of nitrogens with zero attached hydrogens (tertiary/aromatic N) is 1. The van der Waals surface area contributed by atoms with Gasteiger partial charge in [-0.15, -0.1) is 23.7 Å². The molecular weight excluding hydrogens is 475 g/mol. The molecule has 1 aliphatic heterocycles. The minimum atomic E-state index is -0.657. The van der Waals surface area contributed by atoms with Crippen molar-refractivity contribution in [2.24, 2.45) is 11.1 Å². The third-order valence-corrected chi connectivity index (χ3v) is 6.45. The van der Waals surface area contributed by atoms with Gasteiger partial charge in [0.05, 0.1) is 18.1 Å². The molecule has 1 aromatic heterocycles. The lowest BCUT2D eigenvalue weighted by Crippen LogP contribution is -2.42. The Kier molecular flexibility index (Phi) is 8.53. The van der Waals surface area contributed by atoms with Gasteiger partial charge in [0, 0.05) is 35.2 Å². The molecule has 3 amide bonds. The van der Waals surface area contributed by atoms with Crippen LogP contribution in [0.5, 0.6) is 0 Å². The van der Waals surface area contributed by atoms with Gasteiger partial charge in [-0.3, -0.25) is 19.8 Å². The number of carbonyl (C=O) groups excluding carboxylic acids is 3. The number of benzene rings is 1. The van der Waals surface area contributed by atoms with Crippen LogP contribution < -0.4 is 16.4 Å². The molecular formula is C21H26Cl2N4O4S. The lowest BCUT2D eigenvalue weighted by molar-refractivity contribution is -0.151. The summed E-state index contributed by atoms with van der Waals surface area (Å²) < 4.78 is 4.89. The van der Waals surface area contributed by atoms with Crippen LogP contribution in [0.15, 0.2) is 24.3 Å². The Bertz CT molecular complexity index is 1010. The van der Waals surface area contributed by atoms with E-state index in [1.807, 2.05) is 13.8 Å². The number of carbonyl (C=O) groups is 3. The van der Waals surface area contributed by atoms with Crippen molar-refractivity contribution in [3.8, 4) is 0 Å². The van der Waals surface area contributed by atoms with Crippen molar-refractivity contribution in [3.63, 3.8) is 0 Å². The van der Waals surface area contributed by atoms with Crippen molar-refractivity contribution in [3.05, 3.63) is 45.3 Å². The second kappa shape index (κ2) is 10.5. The fourth-order valence-corrected chi connectivity index (χ4v) is 5.06. The van der Waals surface area contributed by atoms with E-state index < -0.39 is 17.4 Å². The van der Waals surface area contributed by atoms with Crippen LogP contribution in [-0.4, -0.2) is 43.0 Å². The number of thiophene rings is 1. The third kappa shape index (κ3) is 5.92. The molecule has 2 heterocycles. The summed E-state index contributed by atoms with van der Waals surface area (Å²) in [5.41, 5.74) is 6.74. The molecule has 0 saturated carbocycles. The Morgan fingerprint density at radius 2 is 1.88 bits per heavy atom. The van der Waals surface area contributed by atoms with Crippen LogP contribution in [-0.2, 0) is 22.5 Å². The number of ether oxygens (including phenoxy) is 1. The lowest BCUT2D eigenvalue weighted by atomic mass is 9.91. The molecule has 0 aliphatic carbocycles. The maximum atomic E-state index is 12.5. The topological polar surface area (TPSA) is 114 Å². The van der Waals surface area contributed by atoms with Gasteiger partial charge < -0.3 is 15.8 Å². The van der Waals surface area contributed by atoms with Crippen molar-refractivity contribution in [1.82, 2.24) is 4.90 Å². The first-order valence-electron chi connectivity index (χ1n) is 9.69. The van der Waals surface area contributed by atoms with E-state index in [4.69, 9.17) is 22.1 Å². The lowest BCUT2D eigenvalue weighted by Gasteiger charge is -2.33. The first kappa shape index (κ1) is 25.9. The highest BCUT2D eigenvalue weighted by molar-refractivity contribution is 7.17. The average molecular weight is 501 g/mol. The van der Waals surface area contributed by atoms with E-state index in [1.165, 1.54) is 18.4 Å². The Morgan fingerprint density at radius 3 is 2.47 bits per heavy atom. The van der Waals surface area contributed by atoms with Gasteiger partial charge in [-0.05, 0) is 50.1 Å². The van der Waals surface area contributed by atoms with E-state index in [0.29, 0.717) is 47.3 Å². The summed E-state index contributed by atoms with van der Waals surface area (Å²) >= 11 is 7.19. The van der Waals surface area contributed by atoms with E-state index in [1.54, 1.807) is 24.3 Å². The quantitative estimate of drug-likeness (QED) is 0.516. The highest BCUT2D eigenvalue weighted by Gasteiger charge is 2.34. The molecule has 1 aromatic carbocycles. The molecule has 174 valence electrons. The minimum absolute atomic E-state index is 0. The van der Waals surface area contributed by atoms with Gasteiger partial charge in [0.1, 0.15) is 5.00 Å².